The number of ether oxygens (including phenoxy) is 1. The van der Waals surface area contributed by atoms with E-state index in [-0.39, 0.29) is 24.2 Å². The van der Waals surface area contributed by atoms with Gasteiger partial charge >= 0.3 is 6.03 Å². The van der Waals surface area contributed by atoms with E-state index in [4.69, 9.17) is 4.74 Å². The van der Waals surface area contributed by atoms with E-state index in [9.17, 15) is 9.59 Å². The molecule has 0 radical (unpaired) electrons. The second kappa shape index (κ2) is 8.52. The van der Waals surface area contributed by atoms with Crippen LogP contribution < -0.4 is 4.74 Å². The van der Waals surface area contributed by atoms with Gasteiger partial charge in [-0.05, 0) is 50.8 Å². The Morgan fingerprint density at radius 3 is 2.79 bits per heavy atom. The van der Waals surface area contributed by atoms with Crippen LogP contribution in [-0.2, 0) is 11.2 Å². The van der Waals surface area contributed by atoms with Crippen LogP contribution in [0.2, 0.25) is 0 Å². The van der Waals surface area contributed by atoms with Crippen LogP contribution in [0.1, 0.15) is 50.5 Å². The molecule has 6 nitrogen and oxygen atoms in total. The molecule has 0 N–H and O–H groups in total. The highest BCUT2D eigenvalue weighted by Gasteiger charge is 2.46. The smallest absolute Gasteiger partial charge is 0.327 e. The van der Waals surface area contributed by atoms with Gasteiger partial charge in [-0.15, -0.1) is 0 Å². The van der Waals surface area contributed by atoms with E-state index in [1.165, 1.54) is 10.5 Å². The van der Waals surface area contributed by atoms with Crippen molar-refractivity contribution < 1.29 is 14.3 Å². The van der Waals surface area contributed by atoms with Crippen molar-refractivity contribution in [2.75, 3.05) is 26.7 Å². The summed E-state index contributed by atoms with van der Waals surface area (Å²) in [6.45, 7) is 2.32. The maximum absolute atomic E-state index is 12.3. The van der Waals surface area contributed by atoms with Crippen molar-refractivity contribution in [2.24, 2.45) is 0 Å². The Balaban J connectivity index is 1.12. The minimum atomic E-state index is -0.165. The predicted octanol–water partition coefficient (Wildman–Crippen LogP) is 3.26. The van der Waals surface area contributed by atoms with Crippen molar-refractivity contribution in [3.8, 4) is 5.75 Å². The van der Waals surface area contributed by atoms with E-state index in [0.29, 0.717) is 6.54 Å². The number of unbranched alkanes of at least 4 members (excludes halogenated alkanes) is 3. The zero-order valence-corrected chi connectivity index (χ0v) is 16.8. The molecule has 0 bridgehead atoms. The second-order valence-electron chi connectivity index (χ2n) is 8.24. The number of carbonyl (C=O) groups is 2. The summed E-state index contributed by atoms with van der Waals surface area (Å²) in [5.74, 6) is 1.04. The molecule has 0 aromatic heterocycles. The first-order valence-corrected chi connectivity index (χ1v) is 10.7. The summed E-state index contributed by atoms with van der Waals surface area (Å²) in [6, 6.07) is 8.07. The number of hydrogen-bond acceptors (Lipinski definition) is 4. The first-order valence-electron chi connectivity index (χ1n) is 10.7. The molecular weight excluding hydrogens is 354 g/mol. The lowest BCUT2D eigenvalue weighted by Gasteiger charge is -2.32. The topological polar surface area (TPSA) is 53.1 Å². The Kier molecular flexibility index (Phi) is 5.85. The molecule has 1 aromatic carbocycles. The normalized spacial score (nSPS) is 23.9. The number of hydrogen-bond donors (Lipinski definition) is 0. The Labute approximate surface area is 167 Å². The summed E-state index contributed by atoms with van der Waals surface area (Å²) < 4.78 is 6.14. The van der Waals surface area contributed by atoms with Gasteiger partial charge < -0.3 is 9.64 Å². The van der Waals surface area contributed by atoms with Crippen LogP contribution in [0.3, 0.4) is 0 Å². The fourth-order valence-corrected chi connectivity index (χ4v) is 4.64. The molecule has 28 heavy (non-hydrogen) atoms. The molecule has 2 fully saturated rings. The number of nitrogens with zero attached hydrogens (tertiary/aromatic N) is 3. The third kappa shape index (κ3) is 3.88. The minimum absolute atomic E-state index is 0.0250. The molecule has 2 atom stereocenters. The number of amides is 3. The van der Waals surface area contributed by atoms with Crippen molar-refractivity contribution in [1.29, 1.82) is 0 Å². The number of carbonyl (C=O) groups excluding carboxylic acids is 2. The Morgan fingerprint density at radius 2 is 1.93 bits per heavy atom. The number of para-hydroxylation sites is 1. The third-order valence-electron chi connectivity index (χ3n) is 6.31. The van der Waals surface area contributed by atoms with Crippen LogP contribution in [-0.4, -0.2) is 65.6 Å². The van der Waals surface area contributed by atoms with Gasteiger partial charge in [-0.25, -0.2) is 4.79 Å². The summed E-state index contributed by atoms with van der Waals surface area (Å²) in [4.78, 5) is 30.1. The van der Waals surface area contributed by atoms with Crippen LogP contribution >= 0.6 is 0 Å². The monoisotopic (exact) mass is 385 g/mol. The quantitative estimate of drug-likeness (QED) is 0.509. The van der Waals surface area contributed by atoms with Crippen molar-refractivity contribution >= 4 is 11.9 Å². The zero-order valence-electron chi connectivity index (χ0n) is 16.8. The number of aryl methyl sites for hydroxylation is 1. The fraction of sp³-hybridized carbons (Fsp3) is 0.636. The molecule has 1 aromatic rings. The summed E-state index contributed by atoms with van der Waals surface area (Å²) in [5.41, 5.74) is 1.30. The van der Waals surface area contributed by atoms with Crippen LogP contribution in [0.5, 0.6) is 5.75 Å². The number of urea groups is 1. The number of fused-ring (bicyclic) bond motifs is 2. The SMILES string of the molecule is CN(CCCCCCN1C(=O)C2CCCN2C1=O)C1CCc2ccccc2O1. The highest BCUT2D eigenvalue weighted by molar-refractivity contribution is 6.04. The molecule has 2 saturated heterocycles. The van der Waals surface area contributed by atoms with E-state index in [0.717, 1.165) is 70.2 Å². The van der Waals surface area contributed by atoms with Gasteiger partial charge in [-0.3, -0.25) is 14.6 Å². The molecule has 0 saturated carbocycles. The highest BCUT2D eigenvalue weighted by Crippen LogP contribution is 2.29. The lowest BCUT2D eigenvalue weighted by Crippen LogP contribution is -2.39. The van der Waals surface area contributed by atoms with Gasteiger partial charge in [-0.1, -0.05) is 31.0 Å². The van der Waals surface area contributed by atoms with E-state index in [1.807, 2.05) is 6.07 Å². The zero-order chi connectivity index (χ0) is 19.5. The Morgan fingerprint density at radius 1 is 1.11 bits per heavy atom. The van der Waals surface area contributed by atoms with Crippen molar-refractivity contribution in [1.82, 2.24) is 14.7 Å². The van der Waals surface area contributed by atoms with E-state index in [1.54, 1.807) is 4.90 Å². The predicted molar refractivity (Wildman–Crippen MR) is 107 cm³/mol. The fourth-order valence-electron chi connectivity index (χ4n) is 4.64. The van der Waals surface area contributed by atoms with Gasteiger partial charge in [0.1, 0.15) is 11.8 Å². The van der Waals surface area contributed by atoms with Gasteiger partial charge in [-0.2, -0.15) is 0 Å². The molecule has 0 aliphatic carbocycles. The molecule has 3 aliphatic heterocycles. The van der Waals surface area contributed by atoms with Gasteiger partial charge in [0.15, 0.2) is 6.23 Å². The van der Waals surface area contributed by atoms with Gasteiger partial charge in [0.05, 0.1) is 0 Å². The second-order valence-corrected chi connectivity index (χ2v) is 8.24. The molecule has 2 unspecified atom stereocenters. The van der Waals surface area contributed by atoms with Crippen LogP contribution in [0.15, 0.2) is 24.3 Å². The lowest BCUT2D eigenvalue weighted by molar-refractivity contribution is -0.128. The molecule has 3 aliphatic rings. The average Bonchev–Trinajstić information content (AvgIpc) is 3.29. The molecular formula is C22H31N3O3. The van der Waals surface area contributed by atoms with Crippen LogP contribution in [0, 0.1) is 0 Å². The Hall–Kier alpha value is -2.08. The molecule has 0 spiro atoms. The van der Waals surface area contributed by atoms with Crippen LogP contribution in [0.25, 0.3) is 0 Å². The van der Waals surface area contributed by atoms with Crippen molar-refractivity contribution in [3.63, 3.8) is 0 Å². The molecule has 6 heteroatoms. The average molecular weight is 386 g/mol. The summed E-state index contributed by atoms with van der Waals surface area (Å²) in [7, 11) is 2.13. The number of benzene rings is 1. The first-order chi connectivity index (χ1) is 13.6. The minimum Gasteiger partial charge on any atom is -0.475 e. The van der Waals surface area contributed by atoms with Gasteiger partial charge in [0, 0.05) is 26.1 Å². The van der Waals surface area contributed by atoms with Gasteiger partial charge in [0.2, 0.25) is 0 Å². The molecule has 3 amide bonds. The summed E-state index contributed by atoms with van der Waals surface area (Å²) in [5, 5.41) is 0. The largest absolute Gasteiger partial charge is 0.475 e. The molecule has 3 heterocycles. The van der Waals surface area contributed by atoms with E-state index < -0.39 is 0 Å². The maximum atomic E-state index is 12.3. The number of rotatable bonds is 8. The lowest BCUT2D eigenvalue weighted by atomic mass is 10.0. The summed E-state index contributed by atoms with van der Waals surface area (Å²) >= 11 is 0. The standard InChI is InChI=1S/C22H31N3O3/c1-23(20-13-12-17-9-4-5-11-19(17)28-20)14-6-2-3-7-15-25-21(26)18-10-8-16-24(18)22(25)27/h4-5,9,11,18,20H,2-3,6-8,10,12-16H2,1H3. The van der Waals surface area contributed by atoms with Crippen molar-refractivity contribution in [3.05, 3.63) is 29.8 Å². The van der Waals surface area contributed by atoms with Crippen LogP contribution in [0.4, 0.5) is 4.79 Å². The first kappa shape index (κ1) is 19.2. The third-order valence-corrected chi connectivity index (χ3v) is 6.31. The summed E-state index contributed by atoms with van der Waals surface area (Å²) in [6.07, 6.45) is 8.21. The van der Waals surface area contributed by atoms with Crippen molar-refractivity contribution in [2.45, 2.75) is 63.6 Å². The van der Waals surface area contributed by atoms with E-state index in [2.05, 4.69) is 30.1 Å². The molecule has 152 valence electrons. The molecule has 4 rings (SSSR count). The van der Waals surface area contributed by atoms with E-state index >= 15 is 0 Å². The maximum Gasteiger partial charge on any atom is 0.327 e. The highest BCUT2D eigenvalue weighted by atomic mass is 16.5. The van der Waals surface area contributed by atoms with Gasteiger partial charge in [0.25, 0.3) is 5.91 Å². The number of imide groups is 1. The Bertz CT molecular complexity index is 701.